The van der Waals surface area contributed by atoms with Gasteiger partial charge in [0.15, 0.2) is 5.60 Å². The van der Waals surface area contributed by atoms with E-state index >= 15 is 4.11 Å². The molecule has 10 nitrogen and oxygen atoms in total. The number of rotatable bonds is 8. The summed E-state index contributed by atoms with van der Waals surface area (Å²) < 4.78 is 28.9. The van der Waals surface area contributed by atoms with Crippen LogP contribution in [0.15, 0.2) is 66.7 Å². The zero-order valence-electron chi connectivity index (χ0n) is 29.0. The van der Waals surface area contributed by atoms with Gasteiger partial charge in [-0.05, 0) is 66.5 Å². The normalized spacial score (nSPS) is 26.4. The molecule has 0 aromatic heterocycles. The first kappa shape index (κ1) is 34.4. The Hall–Kier alpha value is -4.10. The van der Waals surface area contributed by atoms with Gasteiger partial charge >= 0.3 is 0 Å². The average molecular weight is 701 g/mol. The molecule has 4 aliphatic heterocycles. The maximum atomic E-state index is 16.5. The summed E-state index contributed by atoms with van der Waals surface area (Å²) in [7, 11) is -1.97. The molecule has 12 heteroatoms. The van der Waals surface area contributed by atoms with Crippen LogP contribution in [0.3, 0.4) is 0 Å². The van der Waals surface area contributed by atoms with Crippen LogP contribution in [0.1, 0.15) is 35.6 Å². The number of methoxy groups -OCH3 is 1. The number of amides is 3. The van der Waals surface area contributed by atoms with E-state index < -0.39 is 37.6 Å². The number of carbonyl (C=O) groups is 3. The number of aliphatic hydroxyl groups is 1. The van der Waals surface area contributed by atoms with E-state index in [9.17, 15) is 19.5 Å². The third-order valence-electron chi connectivity index (χ3n) is 11.1. The Labute approximate surface area is 293 Å². The van der Waals surface area contributed by atoms with Gasteiger partial charge in [-0.25, -0.2) is 0 Å². The lowest BCUT2D eigenvalue weighted by Gasteiger charge is -2.37. The van der Waals surface area contributed by atoms with Crippen molar-refractivity contribution in [3.63, 3.8) is 0 Å². The van der Waals surface area contributed by atoms with Crippen molar-refractivity contribution >= 4 is 37.5 Å². The van der Waals surface area contributed by atoms with Crippen LogP contribution in [-0.2, 0) is 44.2 Å². The van der Waals surface area contributed by atoms with E-state index in [4.69, 9.17) is 9.47 Å². The summed E-state index contributed by atoms with van der Waals surface area (Å²) in [6.45, 7) is 7.12. The van der Waals surface area contributed by atoms with Crippen molar-refractivity contribution in [3.8, 4) is 5.75 Å². The predicted octanol–water partition coefficient (Wildman–Crippen LogP) is 4.29. The minimum absolute atomic E-state index is 0.00909. The van der Waals surface area contributed by atoms with Gasteiger partial charge in [0.1, 0.15) is 5.75 Å². The van der Waals surface area contributed by atoms with Gasteiger partial charge in [0, 0.05) is 42.3 Å². The monoisotopic (exact) mass is 700 g/mol. The van der Waals surface area contributed by atoms with E-state index in [1.165, 1.54) is 0 Å². The summed E-state index contributed by atoms with van der Waals surface area (Å²) in [6, 6.07) is 20.6. The number of hydrogen-bond acceptors (Lipinski definition) is 7. The number of anilines is 2. The van der Waals surface area contributed by atoms with Gasteiger partial charge in [0.2, 0.25) is 20.2 Å². The number of piperazine rings is 1. The highest BCUT2D eigenvalue weighted by atomic mass is 28.4. The maximum Gasteiger partial charge on any atom is 0.264 e. The fourth-order valence-electron chi connectivity index (χ4n) is 8.69. The molecule has 50 heavy (non-hydrogen) atoms. The molecular weight excluding hydrogens is 656 g/mol. The van der Waals surface area contributed by atoms with Crippen LogP contribution in [0.2, 0.25) is 18.6 Å². The number of hydrogen-bond donors (Lipinski definition) is 2. The van der Waals surface area contributed by atoms with E-state index in [1.807, 2.05) is 61.5 Å². The lowest BCUT2D eigenvalue weighted by Crippen LogP contribution is -2.48. The first-order chi connectivity index (χ1) is 24.0. The molecule has 3 aromatic carbocycles. The van der Waals surface area contributed by atoms with Crippen LogP contribution in [0, 0.1) is 5.92 Å². The molecule has 4 heterocycles. The van der Waals surface area contributed by atoms with Crippen LogP contribution in [0.25, 0.3) is 0 Å². The number of ether oxygens (including phenoxy) is 2. The topological polar surface area (TPSA) is 112 Å². The van der Waals surface area contributed by atoms with Gasteiger partial charge in [0.05, 0.1) is 51.1 Å². The maximum absolute atomic E-state index is 16.5. The Balaban J connectivity index is 1.20. The minimum atomic E-state index is -3.52. The molecule has 7 rings (SSSR count). The van der Waals surface area contributed by atoms with Crippen LogP contribution in [-0.4, -0.2) is 81.6 Å². The number of halogens is 1. The molecule has 4 aliphatic rings. The van der Waals surface area contributed by atoms with Crippen LogP contribution in [0.5, 0.6) is 5.75 Å². The van der Waals surface area contributed by atoms with Crippen molar-refractivity contribution in [2.75, 3.05) is 43.2 Å². The summed E-state index contributed by atoms with van der Waals surface area (Å²) >= 11 is 0. The zero-order valence-corrected chi connectivity index (χ0v) is 30.0. The molecule has 0 unspecified atom stereocenters. The third kappa shape index (κ3) is 5.81. The molecule has 2 fully saturated rings. The summed E-state index contributed by atoms with van der Waals surface area (Å²) in [5.41, 5.74) is 2.87. The SMILES string of the molecule is COc1ccc2c(c1)[C@@]1(O[C@H](CC(=O)N3Cc4ccccc4C[C@H]3CO)[C@@H]([Si](C)(C)F)[C@@H]1C)C(=O)N2Cc1ccc(N2CCNCC2=O)cc1. The van der Waals surface area contributed by atoms with Gasteiger partial charge in [0.25, 0.3) is 5.91 Å². The van der Waals surface area contributed by atoms with Gasteiger partial charge in [-0.1, -0.05) is 43.3 Å². The van der Waals surface area contributed by atoms with Crippen molar-refractivity contribution in [3.05, 3.63) is 89.0 Å². The number of aliphatic hydroxyl groups excluding tert-OH is 1. The highest BCUT2D eigenvalue weighted by Crippen LogP contribution is 2.60. The molecule has 1 spiro atoms. The second-order valence-corrected chi connectivity index (χ2v) is 18.3. The Morgan fingerprint density at radius 1 is 1.10 bits per heavy atom. The van der Waals surface area contributed by atoms with Crippen LogP contribution >= 0.6 is 0 Å². The van der Waals surface area contributed by atoms with E-state index in [0.29, 0.717) is 43.1 Å². The van der Waals surface area contributed by atoms with Crippen molar-refractivity contribution in [2.45, 2.75) is 69.2 Å². The van der Waals surface area contributed by atoms with Crippen LogP contribution in [0.4, 0.5) is 15.5 Å². The molecule has 0 bridgehead atoms. The lowest BCUT2D eigenvalue weighted by atomic mass is 9.82. The van der Waals surface area contributed by atoms with E-state index in [-0.39, 0.29) is 37.3 Å². The first-order valence-electron chi connectivity index (χ1n) is 17.4. The lowest BCUT2D eigenvalue weighted by molar-refractivity contribution is -0.151. The fraction of sp³-hybridized carbons (Fsp3) is 0.447. The second kappa shape index (κ2) is 13.2. The summed E-state index contributed by atoms with van der Waals surface area (Å²) in [5.74, 6) is -0.550. The molecule has 0 aliphatic carbocycles. The van der Waals surface area contributed by atoms with Gasteiger partial charge in [-0.15, -0.1) is 0 Å². The molecule has 264 valence electrons. The number of nitrogens with zero attached hydrogens (tertiary/aromatic N) is 3. The first-order valence-corrected chi connectivity index (χ1v) is 20.4. The molecule has 5 atom stereocenters. The summed E-state index contributed by atoms with van der Waals surface area (Å²) in [5, 5.41) is 13.4. The summed E-state index contributed by atoms with van der Waals surface area (Å²) in [4.78, 5) is 46.5. The zero-order chi connectivity index (χ0) is 35.4. The molecule has 2 N–H and O–H groups in total. The van der Waals surface area contributed by atoms with E-state index in [2.05, 4.69) is 5.32 Å². The van der Waals surface area contributed by atoms with Gasteiger partial charge in [-0.3, -0.25) is 14.4 Å². The minimum Gasteiger partial charge on any atom is -0.497 e. The third-order valence-corrected chi connectivity index (χ3v) is 13.6. The van der Waals surface area contributed by atoms with E-state index in [0.717, 1.165) is 28.9 Å². The number of carbonyl (C=O) groups excluding carboxylic acids is 3. The number of benzene rings is 3. The Bertz CT molecular complexity index is 1800. The predicted molar refractivity (Wildman–Crippen MR) is 190 cm³/mol. The summed E-state index contributed by atoms with van der Waals surface area (Å²) in [6.07, 6.45) is -0.418. The molecular formula is C38H45FN4O6Si. The standard InChI is InChI=1S/C38H45FN4O6Si/c1-24-36(50(3,4)39)33(19-34(45)42-22-27-8-6-5-7-26(27)17-29(42)23-44)49-38(24)31-18-30(48-2)13-14-32(31)43(37(38)47)21-25-9-11-28(12-10-25)41-16-15-40-20-35(41)46/h5-14,18,24,29,33,36,40,44H,15-17,19-23H2,1-4H3/t24-,29-,33+,36-,38+/m0/s1. The van der Waals surface area contributed by atoms with Gasteiger partial charge < -0.3 is 38.7 Å². The Kier molecular flexibility index (Phi) is 9.08. The molecule has 2 saturated heterocycles. The number of nitrogens with one attached hydrogen (secondary N) is 1. The van der Waals surface area contributed by atoms with Crippen molar-refractivity contribution in [1.29, 1.82) is 0 Å². The number of fused-ring (bicyclic) bond motifs is 3. The average Bonchev–Trinajstić information content (AvgIpc) is 3.53. The molecule has 3 amide bonds. The highest BCUT2D eigenvalue weighted by Gasteiger charge is 2.67. The Morgan fingerprint density at radius 2 is 1.84 bits per heavy atom. The van der Waals surface area contributed by atoms with Crippen molar-refractivity contribution < 1.29 is 33.1 Å². The molecule has 0 radical (unpaired) electrons. The van der Waals surface area contributed by atoms with Crippen LogP contribution < -0.4 is 19.9 Å². The van der Waals surface area contributed by atoms with E-state index in [1.54, 1.807) is 47.0 Å². The quantitative estimate of drug-likeness (QED) is 0.267. The smallest absolute Gasteiger partial charge is 0.264 e. The second-order valence-electron chi connectivity index (χ2n) is 14.5. The Morgan fingerprint density at radius 3 is 2.52 bits per heavy atom. The highest BCUT2D eigenvalue weighted by molar-refractivity contribution is 6.72. The van der Waals surface area contributed by atoms with Crippen molar-refractivity contribution in [1.82, 2.24) is 10.2 Å². The van der Waals surface area contributed by atoms with Crippen molar-refractivity contribution in [2.24, 2.45) is 5.92 Å². The molecule has 3 aromatic rings. The van der Waals surface area contributed by atoms with Gasteiger partial charge in [-0.2, -0.15) is 0 Å². The largest absolute Gasteiger partial charge is 0.497 e. The molecule has 0 saturated carbocycles. The fourth-order valence-corrected chi connectivity index (χ4v) is 11.2.